The molecular weight excluding hydrogens is 566 g/mol. The average molecular weight is 608 g/mol. The van der Waals surface area contributed by atoms with E-state index in [9.17, 15) is 14.4 Å². The number of hydrogen-bond acceptors (Lipinski definition) is 5. The van der Waals surface area contributed by atoms with Gasteiger partial charge in [0.15, 0.2) is 0 Å². The number of ether oxygens (including phenoxy) is 2. The quantitative estimate of drug-likeness (QED) is 0.177. The Bertz CT molecular complexity index is 1690. The van der Waals surface area contributed by atoms with E-state index in [1.807, 2.05) is 48.5 Å². The molecule has 1 aliphatic heterocycles. The number of aryl methyl sites for hydroxylation is 1. The van der Waals surface area contributed by atoms with Crippen LogP contribution in [0.15, 0.2) is 78.9 Å². The van der Waals surface area contributed by atoms with E-state index in [1.54, 1.807) is 12.0 Å². The van der Waals surface area contributed by atoms with Crippen LogP contribution in [0, 0.1) is 0 Å². The van der Waals surface area contributed by atoms with Crippen LogP contribution in [0.5, 0.6) is 5.75 Å². The highest BCUT2D eigenvalue weighted by Gasteiger charge is 2.29. The first-order chi connectivity index (χ1) is 21.6. The summed E-state index contributed by atoms with van der Waals surface area (Å²) >= 11 is 0. The molecule has 0 aromatic heterocycles. The fourth-order valence-corrected chi connectivity index (χ4v) is 5.63. The lowest BCUT2D eigenvalue weighted by molar-refractivity contribution is -0.120. The third-order valence-corrected chi connectivity index (χ3v) is 8.03. The van der Waals surface area contributed by atoms with E-state index in [0.29, 0.717) is 24.5 Å². The van der Waals surface area contributed by atoms with E-state index >= 15 is 0 Å². The zero-order valence-electron chi connectivity index (χ0n) is 26.4. The Balaban J connectivity index is 1.29. The van der Waals surface area contributed by atoms with Crippen molar-refractivity contribution in [3.05, 3.63) is 90.0 Å². The highest BCUT2D eigenvalue weighted by Crippen LogP contribution is 2.43. The van der Waals surface area contributed by atoms with E-state index in [1.165, 1.54) is 5.56 Å². The maximum absolute atomic E-state index is 12.7. The van der Waals surface area contributed by atoms with E-state index in [4.69, 9.17) is 9.47 Å². The highest BCUT2D eigenvalue weighted by atomic mass is 16.5. The third kappa shape index (κ3) is 7.81. The van der Waals surface area contributed by atoms with Crippen molar-refractivity contribution in [2.75, 3.05) is 30.5 Å². The molecule has 0 bridgehead atoms. The molecule has 45 heavy (non-hydrogen) atoms. The van der Waals surface area contributed by atoms with Gasteiger partial charge in [-0.05, 0) is 83.3 Å². The molecule has 0 radical (unpaired) electrons. The van der Waals surface area contributed by atoms with Crippen molar-refractivity contribution in [2.24, 2.45) is 0 Å². The van der Waals surface area contributed by atoms with Gasteiger partial charge in [0, 0.05) is 35.5 Å². The third-order valence-electron chi connectivity index (χ3n) is 8.03. The van der Waals surface area contributed by atoms with Crippen molar-refractivity contribution in [2.45, 2.75) is 58.3 Å². The number of nitrogens with zero attached hydrogens (tertiary/aromatic N) is 1. The van der Waals surface area contributed by atoms with Crippen molar-refractivity contribution in [3.63, 3.8) is 0 Å². The maximum Gasteiger partial charge on any atom is 0.411 e. The fourth-order valence-electron chi connectivity index (χ4n) is 5.63. The Labute approximate surface area is 264 Å². The summed E-state index contributed by atoms with van der Waals surface area (Å²) in [5.41, 5.74) is 5.14. The zero-order valence-corrected chi connectivity index (χ0v) is 26.4. The van der Waals surface area contributed by atoms with Crippen LogP contribution < -0.4 is 20.3 Å². The van der Waals surface area contributed by atoms with Gasteiger partial charge in [0.05, 0.1) is 13.7 Å². The number of carbonyl (C=O) groups is 3. The number of benzene rings is 4. The van der Waals surface area contributed by atoms with Crippen molar-refractivity contribution in [1.82, 2.24) is 5.32 Å². The standard InChI is InChI=1S/C37H41N3O5/c1-37(2,3)32-24-30(40-19-18-33(41)39-35(40)42)23-31(34(32)44-4)28-15-14-27-22-29(17-16-26(27)21-28)38-36(43)45-20-10-6-9-13-25-11-7-5-8-12-25/h5,7-8,11-12,14-17,21-24H,6,9-10,13,18-20H2,1-4H3,(H,38,43)(H,39,41,42). The monoisotopic (exact) mass is 607 g/mol. The zero-order chi connectivity index (χ0) is 32.0. The SMILES string of the molecule is COc1c(-c2ccc3cc(NC(=O)OCCCCCc4ccccc4)ccc3c2)cc(N2CCC(=O)NC2=O)cc1C(C)(C)C. The van der Waals surface area contributed by atoms with Crippen LogP contribution >= 0.6 is 0 Å². The number of hydrogen-bond donors (Lipinski definition) is 2. The minimum absolute atomic E-state index is 0.243. The molecule has 1 heterocycles. The summed E-state index contributed by atoms with van der Waals surface area (Å²) in [6.45, 7) is 6.99. The minimum Gasteiger partial charge on any atom is -0.496 e. The predicted octanol–water partition coefficient (Wildman–Crippen LogP) is 8.22. The molecule has 4 aromatic rings. The number of rotatable bonds is 10. The van der Waals surface area contributed by atoms with Gasteiger partial charge in [0.2, 0.25) is 5.91 Å². The lowest BCUT2D eigenvalue weighted by Gasteiger charge is -2.31. The Morgan fingerprint density at radius 1 is 0.911 bits per heavy atom. The van der Waals surface area contributed by atoms with Gasteiger partial charge in [0.1, 0.15) is 5.75 Å². The minimum atomic E-state index is -0.464. The lowest BCUT2D eigenvalue weighted by Crippen LogP contribution is -2.49. The van der Waals surface area contributed by atoms with Crippen LogP contribution in [0.25, 0.3) is 21.9 Å². The van der Waals surface area contributed by atoms with Gasteiger partial charge in [-0.25, -0.2) is 9.59 Å². The van der Waals surface area contributed by atoms with Crippen molar-refractivity contribution in [1.29, 1.82) is 0 Å². The smallest absolute Gasteiger partial charge is 0.411 e. The number of methoxy groups -OCH3 is 1. The number of carbonyl (C=O) groups excluding carboxylic acids is 3. The molecule has 1 saturated heterocycles. The molecule has 8 heteroatoms. The van der Waals surface area contributed by atoms with E-state index < -0.39 is 12.1 Å². The van der Waals surface area contributed by atoms with Crippen molar-refractivity contribution < 1.29 is 23.9 Å². The summed E-state index contributed by atoms with van der Waals surface area (Å²) in [6, 6.07) is 25.7. The number of nitrogens with one attached hydrogen (secondary N) is 2. The van der Waals surface area contributed by atoms with Gasteiger partial charge >= 0.3 is 12.1 Å². The molecule has 8 nitrogen and oxygen atoms in total. The van der Waals surface area contributed by atoms with Crippen molar-refractivity contribution >= 4 is 40.2 Å². The number of unbranched alkanes of at least 4 members (excludes halogenated alkanes) is 2. The number of amides is 4. The summed E-state index contributed by atoms with van der Waals surface area (Å²) in [4.78, 5) is 38.5. The first kappa shape index (κ1) is 31.6. The van der Waals surface area contributed by atoms with Gasteiger partial charge in [-0.1, -0.05) is 69.3 Å². The summed E-state index contributed by atoms with van der Waals surface area (Å²) in [5.74, 6) is 0.465. The molecule has 1 aliphatic rings. The molecule has 4 amide bonds. The van der Waals surface area contributed by atoms with Crippen molar-refractivity contribution in [3.8, 4) is 16.9 Å². The van der Waals surface area contributed by atoms with E-state index in [2.05, 4.69) is 61.7 Å². The number of urea groups is 1. The Morgan fingerprint density at radius 3 is 2.40 bits per heavy atom. The highest BCUT2D eigenvalue weighted by molar-refractivity contribution is 6.06. The average Bonchev–Trinajstić information content (AvgIpc) is 3.02. The number of fused-ring (bicyclic) bond motifs is 1. The van der Waals surface area contributed by atoms with Gasteiger partial charge in [-0.3, -0.25) is 20.3 Å². The molecular formula is C37H41N3O5. The molecule has 5 rings (SSSR count). The first-order valence-electron chi connectivity index (χ1n) is 15.5. The molecule has 0 spiro atoms. The summed E-state index contributed by atoms with van der Waals surface area (Å²) < 4.78 is 11.4. The fraction of sp³-hybridized carbons (Fsp3) is 0.324. The first-order valence-corrected chi connectivity index (χ1v) is 15.5. The molecule has 0 atom stereocenters. The topological polar surface area (TPSA) is 97.0 Å². The summed E-state index contributed by atoms with van der Waals surface area (Å²) in [6.07, 6.45) is 3.68. The molecule has 0 unspecified atom stereocenters. The predicted molar refractivity (Wildman–Crippen MR) is 179 cm³/mol. The molecule has 0 saturated carbocycles. The molecule has 4 aromatic carbocycles. The van der Waals surface area contributed by atoms with Crippen LogP contribution in [0.3, 0.4) is 0 Å². The second-order valence-electron chi connectivity index (χ2n) is 12.4. The van der Waals surface area contributed by atoms with Gasteiger partial charge < -0.3 is 9.47 Å². The molecule has 1 fully saturated rings. The van der Waals surface area contributed by atoms with Gasteiger partial charge in [0.25, 0.3) is 0 Å². The maximum atomic E-state index is 12.7. The second kappa shape index (κ2) is 13.8. The van der Waals surface area contributed by atoms with E-state index in [-0.39, 0.29) is 17.7 Å². The molecule has 234 valence electrons. The van der Waals surface area contributed by atoms with Gasteiger partial charge in [-0.15, -0.1) is 0 Å². The molecule has 2 N–H and O–H groups in total. The van der Waals surface area contributed by atoms with Crippen LogP contribution in [0.2, 0.25) is 0 Å². The van der Waals surface area contributed by atoms with Gasteiger partial charge in [-0.2, -0.15) is 0 Å². The Morgan fingerprint density at radius 2 is 1.67 bits per heavy atom. The lowest BCUT2D eigenvalue weighted by atomic mass is 9.83. The van der Waals surface area contributed by atoms with Crippen LogP contribution in [-0.4, -0.2) is 38.3 Å². The summed E-state index contributed by atoms with van der Waals surface area (Å²) in [7, 11) is 1.66. The van der Waals surface area contributed by atoms with E-state index in [0.717, 1.165) is 58.9 Å². The Kier molecular flexibility index (Phi) is 9.71. The largest absolute Gasteiger partial charge is 0.496 e. The summed E-state index contributed by atoms with van der Waals surface area (Å²) in [5, 5.41) is 7.20. The number of anilines is 2. The second-order valence-corrected chi connectivity index (χ2v) is 12.4. The van der Waals surface area contributed by atoms with Crippen LogP contribution in [0.4, 0.5) is 21.0 Å². The van der Waals surface area contributed by atoms with Crippen LogP contribution in [-0.2, 0) is 21.4 Å². The number of imide groups is 1. The Hall–Kier alpha value is -4.85. The normalized spacial score (nSPS) is 13.5. The molecule has 0 aliphatic carbocycles. The van der Waals surface area contributed by atoms with Crippen LogP contribution in [0.1, 0.15) is 57.6 Å².